The first-order valence-electron chi connectivity index (χ1n) is 6.00. The first-order valence-corrected chi connectivity index (χ1v) is 6.00. The van der Waals surface area contributed by atoms with Gasteiger partial charge in [0.15, 0.2) is 0 Å². The number of nitriles is 1. The Hall–Kier alpha value is -1.86. The summed E-state index contributed by atoms with van der Waals surface area (Å²) in [6.45, 7) is 3.59. The molecule has 1 amide bonds. The van der Waals surface area contributed by atoms with Crippen molar-refractivity contribution in [1.82, 2.24) is 10.2 Å². The van der Waals surface area contributed by atoms with E-state index in [-0.39, 0.29) is 5.91 Å². The Morgan fingerprint density at radius 3 is 2.83 bits per heavy atom. The molecule has 0 aromatic heterocycles. The van der Waals surface area contributed by atoms with Gasteiger partial charge in [-0.05, 0) is 25.1 Å². The molecule has 4 nitrogen and oxygen atoms in total. The number of hydrogen-bond acceptors (Lipinski definition) is 3. The van der Waals surface area contributed by atoms with Crippen LogP contribution in [0.2, 0.25) is 0 Å². The van der Waals surface area contributed by atoms with Gasteiger partial charge in [-0.2, -0.15) is 5.26 Å². The maximum absolute atomic E-state index is 11.5. The molecule has 0 bridgehead atoms. The molecule has 1 rings (SSSR count). The minimum absolute atomic E-state index is 0.0404. The number of nitrogens with zero attached hydrogens (tertiary/aromatic N) is 2. The minimum atomic E-state index is -0.0404. The smallest absolute Gasteiger partial charge is 0.234 e. The van der Waals surface area contributed by atoms with Crippen LogP contribution in [0.3, 0.4) is 0 Å². The Bertz CT molecular complexity index is 437. The third-order valence-electron chi connectivity index (χ3n) is 2.67. The van der Waals surface area contributed by atoms with Crippen LogP contribution in [0.1, 0.15) is 17.5 Å². The highest BCUT2D eigenvalue weighted by Gasteiger charge is 2.07. The van der Waals surface area contributed by atoms with E-state index in [1.807, 2.05) is 30.1 Å². The second-order valence-corrected chi connectivity index (χ2v) is 4.36. The third-order valence-corrected chi connectivity index (χ3v) is 2.67. The van der Waals surface area contributed by atoms with Crippen molar-refractivity contribution < 1.29 is 4.79 Å². The maximum atomic E-state index is 11.5. The van der Waals surface area contributed by atoms with Gasteiger partial charge in [-0.25, -0.2) is 0 Å². The van der Waals surface area contributed by atoms with E-state index in [9.17, 15) is 4.79 Å². The molecule has 4 heteroatoms. The lowest BCUT2D eigenvalue weighted by atomic mass is 10.1. The minimum Gasteiger partial charge on any atom is -0.354 e. The van der Waals surface area contributed by atoms with Crippen LogP contribution in [0.25, 0.3) is 0 Å². The van der Waals surface area contributed by atoms with Crippen LogP contribution in [-0.2, 0) is 11.3 Å². The van der Waals surface area contributed by atoms with Gasteiger partial charge in [-0.15, -0.1) is 0 Å². The molecular formula is C14H19N3O. The molecule has 0 aliphatic heterocycles. The van der Waals surface area contributed by atoms with Crippen LogP contribution in [0.5, 0.6) is 0 Å². The molecule has 0 saturated carbocycles. The maximum Gasteiger partial charge on any atom is 0.234 e. The number of hydrogen-bond donors (Lipinski definition) is 1. The number of rotatable bonds is 6. The fourth-order valence-corrected chi connectivity index (χ4v) is 1.69. The number of amides is 1. The summed E-state index contributed by atoms with van der Waals surface area (Å²) in [4.78, 5) is 13.5. The van der Waals surface area contributed by atoms with E-state index in [4.69, 9.17) is 5.26 Å². The summed E-state index contributed by atoms with van der Waals surface area (Å²) >= 11 is 0. The van der Waals surface area contributed by atoms with Crippen molar-refractivity contribution in [3.8, 4) is 6.07 Å². The highest BCUT2D eigenvalue weighted by atomic mass is 16.2. The summed E-state index contributed by atoms with van der Waals surface area (Å²) in [5.74, 6) is -0.0404. The molecule has 1 N–H and O–H groups in total. The van der Waals surface area contributed by atoms with Crippen molar-refractivity contribution in [3.05, 3.63) is 35.4 Å². The van der Waals surface area contributed by atoms with E-state index < -0.39 is 0 Å². The topological polar surface area (TPSA) is 56.1 Å². The van der Waals surface area contributed by atoms with Gasteiger partial charge in [0.25, 0.3) is 0 Å². The molecule has 1 aromatic carbocycles. The van der Waals surface area contributed by atoms with Gasteiger partial charge in [0.1, 0.15) is 0 Å². The predicted molar refractivity (Wildman–Crippen MR) is 70.8 cm³/mol. The molecule has 0 fully saturated rings. The van der Waals surface area contributed by atoms with Gasteiger partial charge in [0, 0.05) is 13.1 Å². The second kappa shape index (κ2) is 7.46. The van der Waals surface area contributed by atoms with Gasteiger partial charge in [-0.3, -0.25) is 9.69 Å². The predicted octanol–water partition coefficient (Wildman–Crippen LogP) is 1.46. The number of carbonyl (C=O) groups is 1. The fourth-order valence-electron chi connectivity index (χ4n) is 1.69. The number of nitrogens with one attached hydrogen (secondary N) is 1. The fraction of sp³-hybridized carbons (Fsp3) is 0.429. The quantitative estimate of drug-likeness (QED) is 0.772. The first kappa shape index (κ1) is 14.2. The van der Waals surface area contributed by atoms with Crippen LogP contribution >= 0.6 is 0 Å². The standard InChI is InChI=1S/C14H19N3O/c1-12-6-3-4-7-13(12)10-17(2)11-14(18)16-9-5-8-15/h3-4,6-7H,5,9-11H2,1-2H3,(H,16,18). The number of benzene rings is 1. The van der Waals surface area contributed by atoms with Crippen LogP contribution < -0.4 is 5.32 Å². The third kappa shape index (κ3) is 4.98. The Morgan fingerprint density at radius 1 is 1.44 bits per heavy atom. The molecule has 0 radical (unpaired) electrons. The average Bonchev–Trinajstić information content (AvgIpc) is 2.32. The van der Waals surface area contributed by atoms with Gasteiger partial charge in [-0.1, -0.05) is 24.3 Å². The molecule has 0 aliphatic rings. The van der Waals surface area contributed by atoms with E-state index in [0.29, 0.717) is 19.5 Å². The van der Waals surface area contributed by atoms with E-state index >= 15 is 0 Å². The van der Waals surface area contributed by atoms with E-state index in [0.717, 1.165) is 6.54 Å². The van der Waals surface area contributed by atoms with Gasteiger partial charge < -0.3 is 5.32 Å². The first-order chi connectivity index (χ1) is 8.63. The highest BCUT2D eigenvalue weighted by molar-refractivity contribution is 5.77. The van der Waals surface area contributed by atoms with Crippen molar-refractivity contribution in [3.63, 3.8) is 0 Å². The highest BCUT2D eigenvalue weighted by Crippen LogP contribution is 2.08. The second-order valence-electron chi connectivity index (χ2n) is 4.36. The molecule has 0 heterocycles. The number of carbonyl (C=O) groups excluding carboxylic acids is 1. The lowest BCUT2D eigenvalue weighted by Gasteiger charge is -2.17. The molecule has 96 valence electrons. The summed E-state index contributed by atoms with van der Waals surface area (Å²) in [5, 5.41) is 11.1. The van der Waals surface area contributed by atoms with Crippen LogP contribution in [-0.4, -0.2) is 30.9 Å². The van der Waals surface area contributed by atoms with Crippen molar-refractivity contribution in [2.45, 2.75) is 19.9 Å². The van der Waals surface area contributed by atoms with E-state index in [1.165, 1.54) is 11.1 Å². The zero-order valence-corrected chi connectivity index (χ0v) is 10.9. The van der Waals surface area contributed by atoms with Gasteiger partial charge in [0.2, 0.25) is 5.91 Å². The summed E-state index contributed by atoms with van der Waals surface area (Å²) in [7, 11) is 1.91. The van der Waals surface area contributed by atoms with E-state index in [1.54, 1.807) is 0 Å². The van der Waals surface area contributed by atoms with Crippen LogP contribution in [0, 0.1) is 18.3 Å². The number of likely N-dealkylation sites (N-methyl/N-ethyl adjacent to an activating group) is 1. The molecular weight excluding hydrogens is 226 g/mol. The van der Waals surface area contributed by atoms with Crippen molar-refractivity contribution >= 4 is 5.91 Å². The molecule has 18 heavy (non-hydrogen) atoms. The lowest BCUT2D eigenvalue weighted by Crippen LogP contribution is -2.35. The zero-order valence-electron chi connectivity index (χ0n) is 10.9. The van der Waals surface area contributed by atoms with Gasteiger partial charge in [0.05, 0.1) is 19.0 Å². The van der Waals surface area contributed by atoms with Crippen LogP contribution in [0.4, 0.5) is 0 Å². The van der Waals surface area contributed by atoms with Crippen molar-refractivity contribution in [2.24, 2.45) is 0 Å². The van der Waals surface area contributed by atoms with Gasteiger partial charge >= 0.3 is 0 Å². The summed E-state index contributed by atoms with van der Waals surface area (Å²) in [6, 6.07) is 10.1. The monoisotopic (exact) mass is 245 g/mol. The molecule has 0 saturated heterocycles. The zero-order chi connectivity index (χ0) is 13.4. The Kier molecular flexibility index (Phi) is 5.89. The molecule has 0 unspecified atom stereocenters. The van der Waals surface area contributed by atoms with Crippen molar-refractivity contribution in [1.29, 1.82) is 5.26 Å². The normalized spacial score (nSPS) is 10.1. The van der Waals surface area contributed by atoms with Crippen molar-refractivity contribution in [2.75, 3.05) is 20.1 Å². The molecule has 0 atom stereocenters. The molecule has 0 aliphatic carbocycles. The Morgan fingerprint density at radius 2 is 2.17 bits per heavy atom. The summed E-state index contributed by atoms with van der Waals surface area (Å²) < 4.78 is 0. The summed E-state index contributed by atoms with van der Waals surface area (Å²) in [5.41, 5.74) is 2.46. The largest absolute Gasteiger partial charge is 0.354 e. The molecule has 0 spiro atoms. The van der Waals surface area contributed by atoms with Crippen LogP contribution in [0.15, 0.2) is 24.3 Å². The lowest BCUT2D eigenvalue weighted by molar-refractivity contribution is -0.122. The molecule has 1 aromatic rings. The SMILES string of the molecule is Cc1ccccc1CN(C)CC(=O)NCCC#N. The summed E-state index contributed by atoms with van der Waals surface area (Å²) in [6.07, 6.45) is 0.354. The Balaban J connectivity index is 2.38. The Labute approximate surface area is 108 Å². The number of aryl methyl sites for hydroxylation is 1. The van der Waals surface area contributed by atoms with E-state index in [2.05, 4.69) is 24.4 Å². The average molecular weight is 245 g/mol.